The first-order valence-corrected chi connectivity index (χ1v) is 9.71. The molecule has 0 atom stereocenters. The summed E-state index contributed by atoms with van der Waals surface area (Å²) < 4.78 is 6.84. The van der Waals surface area contributed by atoms with Gasteiger partial charge in [0.2, 0.25) is 5.91 Å². The van der Waals surface area contributed by atoms with Crippen molar-refractivity contribution in [1.29, 1.82) is 0 Å². The third-order valence-electron chi connectivity index (χ3n) is 4.91. The number of fused-ring (bicyclic) bond motifs is 3. The molecular formula is C19H21N3O3S. The number of amides is 1. The summed E-state index contributed by atoms with van der Waals surface area (Å²) in [6, 6.07) is 3.64. The van der Waals surface area contributed by atoms with Gasteiger partial charge >= 0.3 is 0 Å². The number of furan rings is 1. The fraction of sp³-hybridized carbons (Fsp3) is 0.421. The molecular weight excluding hydrogens is 350 g/mol. The highest BCUT2D eigenvalue weighted by Gasteiger charge is 2.20. The predicted molar refractivity (Wildman–Crippen MR) is 100 cm³/mol. The summed E-state index contributed by atoms with van der Waals surface area (Å²) in [5, 5.41) is 0.767. The second-order valence-electron chi connectivity index (χ2n) is 6.71. The molecule has 26 heavy (non-hydrogen) atoms. The lowest BCUT2D eigenvalue weighted by Gasteiger charge is -2.16. The summed E-state index contributed by atoms with van der Waals surface area (Å²) in [4.78, 5) is 33.5. The second-order valence-corrected chi connectivity index (χ2v) is 7.80. The summed E-state index contributed by atoms with van der Waals surface area (Å²) in [5.74, 6) is 0.715. The predicted octanol–water partition coefficient (Wildman–Crippen LogP) is 2.98. The van der Waals surface area contributed by atoms with Crippen molar-refractivity contribution in [2.24, 2.45) is 0 Å². The molecule has 3 heterocycles. The Morgan fingerprint density at radius 1 is 1.38 bits per heavy atom. The Hall–Kier alpha value is -2.41. The summed E-state index contributed by atoms with van der Waals surface area (Å²) in [6.45, 7) is 0.768. The van der Waals surface area contributed by atoms with Gasteiger partial charge in [-0.1, -0.05) is 0 Å². The Labute approximate surface area is 155 Å². The van der Waals surface area contributed by atoms with E-state index in [4.69, 9.17) is 4.42 Å². The molecule has 0 saturated carbocycles. The van der Waals surface area contributed by atoms with Crippen molar-refractivity contribution in [3.8, 4) is 0 Å². The fourth-order valence-corrected chi connectivity index (χ4v) is 4.69. The summed E-state index contributed by atoms with van der Waals surface area (Å²) >= 11 is 1.64. The van der Waals surface area contributed by atoms with Gasteiger partial charge in [0.05, 0.1) is 24.5 Å². The standard InChI is InChI=1S/C19H21N3O3S/c1-21(11-13-5-4-10-25-13)16(23)8-9-22-12-20-18-17(19(22)24)14-6-2-3-7-15(14)26-18/h4-5,10,12H,2-3,6-9,11H2,1H3. The number of carbonyl (C=O) groups excluding carboxylic acids is 1. The molecule has 0 aromatic carbocycles. The number of hydrogen-bond donors (Lipinski definition) is 0. The molecule has 7 heteroatoms. The lowest BCUT2D eigenvalue weighted by atomic mass is 9.97. The minimum absolute atomic E-state index is 0.0177. The van der Waals surface area contributed by atoms with E-state index in [9.17, 15) is 9.59 Å². The van der Waals surface area contributed by atoms with E-state index in [0.29, 0.717) is 13.1 Å². The first kappa shape index (κ1) is 17.0. The van der Waals surface area contributed by atoms with E-state index in [1.807, 2.05) is 6.07 Å². The topological polar surface area (TPSA) is 68.3 Å². The van der Waals surface area contributed by atoms with Crippen molar-refractivity contribution in [1.82, 2.24) is 14.5 Å². The van der Waals surface area contributed by atoms with Crippen molar-refractivity contribution in [2.45, 2.75) is 45.2 Å². The van der Waals surface area contributed by atoms with Crippen LogP contribution in [0.3, 0.4) is 0 Å². The van der Waals surface area contributed by atoms with Crippen molar-refractivity contribution >= 4 is 27.5 Å². The van der Waals surface area contributed by atoms with Crippen LogP contribution in [0.25, 0.3) is 10.2 Å². The molecule has 4 rings (SSSR count). The van der Waals surface area contributed by atoms with Crippen molar-refractivity contribution in [2.75, 3.05) is 7.05 Å². The van der Waals surface area contributed by atoms with E-state index in [0.717, 1.165) is 35.2 Å². The van der Waals surface area contributed by atoms with Crippen molar-refractivity contribution in [3.05, 3.63) is 51.3 Å². The summed E-state index contributed by atoms with van der Waals surface area (Å²) in [7, 11) is 1.74. The monoisotopic (exact) mass is 371 g/mol. The molecule has 0 radical (unpaired) electrons. The molecule has 0 saturated heterocycles. The second kappa shape index (κ2) is 7.07. The number of thiophene rings is 1. The van der Waals surface area contributed by atoms with Crippen LogP contribution in [-0.4, -0.2) is 27.4 Å². The van der Waals surface area contributed by atoms with Crippen LogP contribution >= 0.6 is 11.3 Å². The average Bonchev–Trinajstić information content (AvgIpc) is 3.28. The SMILES string of the molecule is CN(Cc1ccco1)C(=O)CCn1cnc2sc3c(c2c1=O)CCCC3. The largest absolute Gasteiger partial charge is 0.467 e. The van der Waals surface area contributed by atoms with Crippen LogP contribution in [0.15, 0.2) is 33.9 Å². The molecule has 3 aromatic heterocycles. The molecule has 0 unspecified atom stereocenters. The van der Waals surface area contributed by atoms with Crippen LogP contribution in [0.2, 0.25) is 0 Å². The maximum Gasteiger partial charge on any atom is 0.262 e. The summed E-state index contributed by atoms with van der Waals surface area (Å²) in [6.07, 6.45) is 7.75. The van der Waals surface area contributed by atoms with E-state index in [-0.39, 0.29) is 17.9 Å². The maximum absolute atomic E-state index is 12.9. The Balaban J connectivity index is 1.49. The molecule has 1 amide bonds. The minimum Gasteiger partial charge on any atom is -0.467 e. The van der Waals surface area contributed by atoms with Crippen LogP contribution < -0.4 is 5.56 Å². The van der Waals surface area contributed by atoms with Gasteiger partial charge in [-0.05, 0) is 43.4 Å². The maximum atomic E-state index is 12.9. The Kier molecular flexibility index (Phi) is 4.63. The number of aryl methyl sites for hydroxylation is 3. The molecule has 0 bridgehead atoms. The zero-order chi connectivity index (χ0) is 18.1. The third kappa shape index (κ3) is 3.19. The highest BCUT2D eigenvalue weighted by molar-refractivity contribution is 7.18. The highest BCUT2D eigenvalue weighted by Crippen LogP contribution is 2.33. The van der Waals surface area contributed by atoms with Crippen LogP contribution in [0.4, 0.5) is 0 Å². The molecule has 136 valence electrons. The van der Waals surface area contributed by atoms with Gasteiger partial charge in [0.15, 0.2) is 0 Å². The smallest absolute Gasteiger partial charge is 0.262 e. The van der Waals surface area contributed by atoms with Crippen molar-refractivity contribution < 1.29 is 9.21 Å². The average molecular weight is 371 g/mol. The van der Waals surface area contributed by atoms with Gasteiger partial charge in [-0.25, -0.2) is 4.98 Å². The molecule has 3 aromatic rings. The molecule has 1 aliphatic rings. The van der Waals surface area contributed by atoms with Gasteiger partial charge < -0.3 is 9.32 Å². The lowest BCUT2D eigenvalue weighted by Crippen LogP contribution is -2.29. The van der Waals surface area contributed by atoms with E-state index < -0.39 is 0 Å². The number of hydrogen-bond acceptors (Lipinski definition) is 5. The van der Waals surface area contributed by atoms with Gasteiger partial charge in [0, 0.05) is 24.9 Å². The molecule has 0 fully saturated rings. The molecule has 0 aliphatic heterocycles. The molecule has 1 aliphatic carbocycles. The molecule has 0 N–H and O–H groups in total. The molecule has 0 spiro atoms. The van der Waals surface area contributed by atoms with Crippen LogP contribution in [0.5, 0.6) is 0 Å². The van der Waals surface area contributed by atoms with Crippen LogP contribution in [0, 0.1) is 0 Å². The summed E-state index contributed by atoms with van der Waals surface area (Å²) in [5.41, 5.74) is 1.17. The fourth-order valence-electron chi connectivity index (χ4n) is 3.47. The first-order chi connectivity index (χ1) is 12.6. The number of nitrogens with zero attached hydrogens (tertiary/aromatic N) is 3. The van der Waals surface area contributed by atoms with Gasteiger partial charge in [-0.15, -0.1) is 11.3 Å². The number of aromatic nitrogens is 2. The van der Waals surface area contributed by atoms with Gasteiger partial charge in [-0.2, -0.15) is 0 Å². The van der Waals surface area contributed by atoms with Gasteiger partial charge in [0.25, 0.3) is 5.56 Å². The Morgan fingerprint density at radius 3 is 3.04 bits per heavy atom. The number of carbonyl (C=O) groups is 1. The lowest BCUT2D eigenvalue weighted by molar-refractivity contribution is -0.130. The minimum atomic E-state index is -0.0271. The third-order valence-corrected chi connectivity index (χ3v) is 6.11. The van der Waals surface area contributed by atoms with E-state index >= 15 is 0 Å². The quantitative estimate of drug-likeness (QED) is 0.691. The Morgan fingerprint density at radius 2 is 2.23 bits per heavy atom. The number of rotatable bonds is 5. The Bertz CT molecular complexity index is 988. The van der Waals surface area contributed by atoms with E-state index in [1.54, 1.807) is 46.5 Å². The van der Waals surface area contributed by atoms with Gasteiger partial charge in [-0.3, -0.25) is 14.2 Å². The zero-order valence-corrected chi connectivity index (χ0v) is 15.6. The van der Waals surface area contributed by atoms with Crippen LogP contribution in [-0.2, 0) is 30.7 Å². The van der Waals surface area contributed by atoms with E-state index in [2.05, 4.69) is 4.98 Å². The van der Waals surface area contributed by atoms with Crippen LogP contribution in [0.1, 0.15) is 35.5 Å². The van der Waals surface area contributed by atoms with E-state index in [1.165, 1.54) is 16.9 Å². The van der Waals surface area contributed by atoms with Crippen molar-refractivity contribution in [3.63, 3.8) is 0 Å². The van der Waals surface area contributed by atoms with Gasteiger partial charge in [0.1, 0.15) is 10.6 Å². The normalized spacial score (nSPS) is 13.7. The zero-order valence-electron chi connectivity index (χ0n) is 14.7. The highest BCUT2D eigenvalue weighted by atomic mass is 32.1. The first-order valence-electron chi connectivity index (χ1n) is 8.89. The molecule has 6 nitrogen and oxygen atoms in total.